The third kappa shape index (κ3) is 5.83. The summed E-state index contributed by atoms with van der Waals surface area (Å²) in [4.78, 5) is 14.9. The van der Waals surface area contributed by atoms with E-state index in [-0.39, 0.29) is 10.8 Å². The summed E-state index contributed by atoms with van der Waals surface area (Å²) in [6.07, 6.45) is 0. The van der Waals surface area contributed by atoms with Gasteiger partial charge in [-0.3, -0.25) is 0 Å². The molecule has 0 aliphatic heterocycles. The monoisotopic (exact) mass is 695 g/mol. The highest BCUT2D eigenvalue weighted by Crippen LogP contribution is 2.55. The van der Waals surface area contributed by atoms with Crippen LogP contribution in [0.3, 0.4) is 0 Å². The lowest BCUT2D eigenvalue weighted by Gasteiger charge is -2.48. The maximum atomic E-state index is 5.01. The second kappa shape index (κ2) is 13.2. The highest BCUT2D eigenvalue weighted by Gasteiger charge is 2.46. The van der Waals surface area contributed by atoms with E-state index in [9.17, 15) is 0 Å². The van der Waals surface area contributed by atoms with Gasteiger partial charge in [-0.15, -0.1) is 0 Å². The van der Waals surface area contributed by atoms with Crippen molar-refractivity contribution in [3.05, 3.63) is 187 Å². The molecule has 0 amide bonds. The van der Waals surface area contributed by atoms with Crippen molar-refractivity contribution in [3.63, 3.8) is 0 Å². The van der Waals surface area contributed by atoms with Gasteiger partial charge in [0.1, 0.15) is 0 Å². The van der Waals surface area contributed by atoms with Crippen LogP contribution in [0.1, 0.15) is 38.8 Å². The number of fused-ring (bicyclic) bond motifs is 3. The van der Waals surface area contributed by atoms with Crippen molar-refractivity contribution < 1.29 is 0 Å². The van der Waals surface area contributed by atoms with Gasteiger partial charge >= 0.3 is 0 Å². The van der Waals surface area contributed by atoms with Crippen LogP contribution in [0.2, 0.25) is 0 Å². The Morgan fingerprint density at radius 1 is 0.278 bits per heavy atom. The van der Waals surface area contributed by atoms with Crippen molar-refractivity contribution in [2.45, 2.75) is 38.5 Å². The summed E-state index contributed by atoms with van der Waals surface area (Å²) in [5, 5.41) is 0. The van der Waals surface area contributed by atoms with Gasteiger partial charge in [-0.05, 0) is 90.7 Å². The van der Waals surface area contributed by atoms with E-state index in [1.54, 1.807) is 0 Å². The number of nitrogens with zero attached hydrogens (tertiary/aromatic N) is 3. The Kier molecular flexibility index (Phi) is 8.16. The molecule has 54 heavy (non-hydrogen) atoms. The van der Waals surface area contributed by atoms with Gasteiger partial charge in [-0.1, -0.05) is 179 Å². The smallest absolute Gasteiger partial charge is 0.164 e. The lowest BCUT2D eigenvalue weighted by Crippen LogP contribution is -2.43. The molecule has 0 bridgehead atoms. The molecule has 0 atom stereocenters. The number of rotatable bonds is 6. The van der Waals surface area contributed by atoms with Gasteiger partial charge < -0.3 is 0 Å². The summed E-state index contributed by atoms with van der Waals surface area (Å²) in [6, 6.07) is 62.5. The minimum Gasteiger partial charge on any atom is -0.208 e. The highest BCUT2D eigenvalue weighted by molar-refractivity contribution is 5.85. The lowest BCUT2D eigenvalue weighted by atomic mass is 9.55. The zero-order chi connectivity index (χ0) is 36.9. The van der Waals surface area contributed by atoms with Crippen LogP contribution in [0, 0.1) is 0 Å². The molecule has 0 saturated carbocycles. The van der Waals surface area contributed by atoms with Gasteiger partial charge in [0, 0.05) is 16.7 Å². The van der Waals surface area contributed by atoms with Crippen LogP contribution in [-0.4, -0.2) is 15.0 Å². The Hall–Kier alpha value is -6.45. The van der Waals surface area contributed by atoms with E-state index in [1.807, 2.05) is 60.7 Å². The molecule has 1 aliphatic rings. The third-order valence-corrected chi connectivity index (χ3v) is 11.7. The van der Waals surface area contributed by atoms with Gasteiger partial charge in [-0.2, -0.15) is 0 Å². The van der Waals surface area contributed by atoms with E-state index in [0.717, 1.165) is 22.3 Å². The molecule has 0 N–H and O–H groups in total. The Balaban J connectivity index is 1.13. The maximum absolute atomic E-state index is 5.01. The van der Waals surface area contributed by atoms with E-state index in [1.165, 1.54) is 50.1 Å². The summed E-state index contributed by atoms with van der Waals surface area (Å²) in [7, 11) is 0. The first kappa shape index (κ1) is 33.4. The zero-order valence-electron chi connectivity index (χ0n) is 31.1. The van der Waals surface area contributed by atoms with Gasteiger partial charge in [-0.25, -0.2) is 15.0 Å². The van der Waals surface area contributed by atoms with E-state index in [4.69, 9.17) is 15.0 Å². The van der Waals surface area contributed by atoms with Crippen molar-refractivity contribution in [1.29, 1.82) is 0 Å². The van der Waals surface area contributed by atoms with Gasteiger partial charge in [0.2, 0.25) is 0 Å². The molecule has 0 spiro atoms. The van der Waals surface area contributed by atoms with Crippen LogP contribution in [0.25, 0.3) is 78.7 Å². The first-order valence-electron chi connectivity index (χ1n) is 18.7. The molecule has 1 heterocycles. The minimum absolute atomic E-state index is 0.104. The predicted molar refractivity (Wildman–Crippen MR) is 224 cm³/mol. The van der Waals surface area contributed by atoms with E-state index in [2.05, 4.69) is 143 Å². The van der Waals surface area contributed by atoms with Crippen LogP contribution in [0.5, 0.6) is 0 Å². The van der Waals surface area contributed by atoms with Crippen molar-refractivity contribution in [2.75, 3.05) is 0 Å². The van der Waals surface area contributed by atoms with E-state index < -0.39 is 0 Å². The molecule has 3 heteroatoms. The van der Waals surface area contributed by atoms with Crippen LogP contribution < -0.4 is 0 Å². The molecule has 0 fully saturated rings. The summed E-state index contributed by atoms with van der Waals surface area (Å²) < 4.78 is 0. The maximum Gasteiger partial charge on any atom is 0.164 e. The molecule has 9 rings (SSSR count). The number of benzene rings is 7. The molecule has 0 saturated heterocycles. The normalized spacial score (nSPS) is 13.9. The molecule has 8 aromatic rings. The number of aromatic nitrogens is 3. The second-order valence-electron chi connectivity index (χ2n) is 15.3. The SMILES string of the molecule is CC1(C)c2ccc(-c3cccc(-c4ccccc4)c3)cc2-c2ccc(-c3cccc(-c4nc(-c5ccccc5)nc(-c5ccccc5)n4)c3)cc2C1(C)C. The number of hydrogen-bond donors (Lipinski definition) is 0. The topological polar surface area (TPSA) is 38.7 Å². The van der Waals surface area contributed by atoms with Crippen LogP contribution in [0.15, 0.2) is 176 Å². The number of hydrogen-bond acceptors (Lipinski definition) is 3. The van der Waals surface area contributed by atoms with Gasteiger partial charge in [0.05, 0.1) is 0 Å². The Morgan fingerprint density at radius 3 is 1.24 bits per heavy atom. The summed E-state index contributed by atoms with van der Waals surface area (Å²) in [6.45, 7) is 9.58. The van der Waals surface area contributed by atoms with Crippen LogP contribution in [0.4, 0.5) is 0 Å². The zero-order valence-corrected chi connectivity index (χ0v) is 31.1. The molecule has 7 aromatic carbocycles. The molecule has 0 unspecified atom stereocenters. The molecular formula is C51H41N3. The lowest BCUT2D eigenvalue weighted by molar-refractivity contribution is 0.299. The highest BCUT2D eigenvalue weighted by atomic mass is 15.0. The quantitative estimate of drug-likeness (QED) is 0.174. The summed E-state index contributed by atoms with van der Waals surface area (Å²) in [5.74, 6) is 1.97. The van der Waals surface area contributed by atoms with Crippen molar-refractivity contribution in [2.24, 2.45) is 0 Å². The summed E-state index contributed by atoms with van der Waals surface area (Å²) >= 11 is 0. The Labute approximate surface area is 318 Å². The van der Waals surface area contributed by atoms with Crippen LogP contribution in [-0.2, 0) is 10.8 Å². The van der Waals surface area contributed by atoms with E-state index in [0.29, 0.717) is 17.5 Å². The largest absolute Gasteiger partial charge is 0.208 e. The average molecular weight is 696 g/mol. The molecule has 0 radical (unpaired) electrons. The standard InChI is InChI=1S/C51H41N3/c1-50(2)45-29-27-40(38-23-14-22-37(30-38)34-16-8-5-9-17-34)32-44(45)43-28-26-41(33-46(43)51(50,3)4)39-24-15-25-42(31-39)49-53-47(35-18-10-6-11-19-35)52-48(54-49)36-20-12-7-13-21-36/h5-33H,1-4H3. The fourth-order valence-corrected chi connectivity index (χ4v) is 7.93. The second-order valence-corrected chi connectivity index (χ2v) is 15.3. The summed E-state index contributed by atoms with van der Waals surface area (Å²) in [5.41, 5.74) is 15.2. The molecule has 260 valence electrons. The molecule has 1 aromatic heterocycles. The van der Waals surface area contributed by atoms with Crippen molar-refractivity contribution >= 4 is 0 Å². The van der Waals surface area contributed by atoms with E-state index >= 15 is 0 Å². The Bertz CT molecular complexity index is 2580. The molecule has 3 nitrogen and oxygen atoms in total. The first-order chi connectivity index (χ1) is 26.3. The van der Waals surface area contributed by atoms with Crippen molar-refractivity contribution in [3.8, 4) is 78.7 Å². The fraction of sp³-hybridized carbons (Fsp3) is 0.118. The minimum atomic E-state index is -0.124. The fourth-order valence-electron chi connectivity index (χ4n) is 7.93. The van der Waals surface area contributed by atoms with Gasteiger partial charge in [0.25, 0.3) is 0 Å². The van der Waals surface area contributed by atoms with Gasteiger partial charge in [0.15, 0.2) is 17.5 Å². The Morgan fingerprint density at radius 2 is 0.667 bits per heavy atom. The molecule has 1 aliphatic carbocycles. The van der Waals surface area contributed by atoms with Crippen LogP contribution >= 0.6 is 0 Å². The third-order valence-electron chi connectivity index (χ3n) is 11.7. The first-order valence-corrected chi connectivity index (χ1v) is 18.7. The average Bonchev–Trinajstić information content (AvgIpc) is 3.23. The predicted octanol–water partition coefficient (Wildman–Crippen LogP) is 13.1. The van der Waals surface area contributed by atoms with Crippen molar-refractivity contribution in [1.82, 2.24) is 15.0 Å². The molecular weight excluding hydrogens is 655 g/mol.